The zero-order chi connectivity index (χ0) is 22.7. The van der Waals surface area contributed by atoms with Gasteiger partial charge in [0.2, 0.25) is 5.91 Å². The van der Waals surface area contributed by atoms with Crippen molar-refractivity contribution in [2.75, 3.05) is 10.0 Å². The summed E-state index contributed by atoms with van der Waals surface area (Å²) in [5.74, 6) is -0.106. The molecule has 3 aromatic heterocycles. The summed E-state index contributed by atoms with van der Waals surface area (Å²) in [4.78, 5) is 28.8. The maximum Gasteiger partial charge on any atom is 0.267 e. The van der Waals surface area contributed by atoms with E-state index in [4.69, 9.17) is 0 Å². The van der Waals surface area contributed by atoms with Crippen molar-refractivity contribution < 1.29 is 13.2 Å². The third-order valence-corrected chi connectivity index (χ3v) is 6.56. The van der Waals surface area contributed by atoms with E-state index in [9.17, 15) is 18.0 Å². The Hall–Kier alpha value is -3.84. The van der Waals surface area contributed by atoms with Gasteiger partial charge in [0, 0.05) is 35.7 Å². The predicted octanol–water partition coefficient (Wildman–Crippen LogP) is 1.89. The maximum absolute atomic E-state index is 12.7. The minimum Gasteiger partial charge on any atom is -0.324 e. The monoisotopic (exact) mass is 471 g/mol. The number of hydrogen-bond donors (Lipinski definition) is 2. The second kappa shape index (κ2) is 8.72. The largest absolute Gasteiger partial charge is 0.324 e. The van der Waals surface area contributed by atoms with Crippen LogP contribution in [0.1, 0.15) is 13.0 Å². The van der Waals surface area contributed by atoms with Crippen LogP contribution in [0.25, 0.3) is 5.82 Å². The molecule has 1 amide bonds. The Bertz CT molecular complexity index is 1380. The molecular formula is C19H17N7O4S2. The van der Waals surface area contributed by atoms with Gasteiger partial charge in [-0.15, -0.1) is 16.4 Å². The number of hydrogen-bond acceptors (Lipinski definition) is 8. The Morgan fingerprint density at radius 3 is 2.56 bits per heavy atom. The Kier molecular flexibility index (Phi) is 5.83. The first kappa shape index (κ1) is 21.4. The summed E-state index contributed by atoms with van der Waals surface area (Å²) in [6, 6.07) is 9.24. The van der Waals surface area contributed by atoms with Gasteiger partial charge in [-0.25, -0.2) is 22.8 Å². The number of thiazole rings is 1. The van der Waals surface area contributed by atoms with Crippen molar-refractivity contribution >= 4 is 38.1 Å². The molecule has 0 fully saturated rings. The fourth-order valence-corrected chi connectivity index (χ4v) is 4.53. The van der Waals surface area contributed by atoms with Gasteiger partial charge in [-0.2, -0.15) is 5.10 Å². The standard InChI is InChI=1S/C19H17N7O4S2/c1-13(26-17(27)8-7-16(23-26)25-11-2-9-21-25)18(28)22-14-3-5-15(6-4-14)32(29,30)24-19-20-10-12-31-19/h2-13H,1H3,(H,20,24)(H,22,28). The van der Waals surface area contributed by atoms with Crippen molar-refractivity contribution in [3.8, 4) is 5.82 Å². The van der Waals surface area contributed by atoms with Gasteiger partial charge in [-0.1, -0.05) is 0 Å². The fourth-order valence-electron chi connectivity index (χ4n) is 2.74. The first-order valence-electron chi connectivity index (χ1n) is 9.26. The Balaban J connectivity index is 1.48. The minimum atomic E-state index is -3.80. The molecule has 3 heterocycles. The number of anilines is 2. The lowest BCUT2D eigenvalue weighted by Gasteiger charge is -2.15. The third kappa shape index (κ3) is 4.58. The molecule has 4 rings (SSSR count). The van der Waals surface area contributed by atoms with Crippen LogP contribution in [0, 0.1) is 0 Å². The molecular weight excluding hydrogens is 454 g/mol. The molecule has 2 N–H and O–H groups in total. The van der Waals surface area contributed by atoms with Crippen molar-refractivity contribution in [2.45, 2.75) is 17.9 Å². The molecule has 0 saturated carbocycles. The van der Waals surface area contributed by atoms with Gasteiger partial charge in [0.15, 0.2) is 10.9 Å². The molecule has 0 aliphatic rings. The van der Waals surface area contributed by atoms with E-state index in [-0.39, 0.29) is 10.0 Å². The number of sulfonamides is 1. The number of carbonyl (C=O) groups is 1. The van der Waals surface area contributed by atoms with Crippen LogP contribution in [0.3, 0.4) is 0 Å². The third-order valence-electron chi connectivity index (χ3n) is 4.38. The van der Waals surface area contributed by atoms with Crippen molar-refractivity contribution in [1.29, 1.82) is 0 Å². The number of carbonyl (C=O) groups excluding carboxylic acids is 1. The first-order chi connectivity index (χ1) is 15.3. The second-order valence-electron chi connectivity index (χ2n) is 6.56. The van der Waals surface area contributed by atoms with Gasteiger partial charge in [0.1, 0.15) is 6.04 Å². The van der Waals surface area contributed by atoms with Crippen LogP contribution in [-0.4, -0.2) is 38.9 Å². The van der Waals surface area contributed by atoms with E-state index >= 15 is 0 Å². The summed E-state index contributed by atoms with van der Waals surface area (Å²) in [5, 5.41) is 12.8. The van der Waals surface area contributed by atoms with Crippen LogP contribution in [0.5, 0.6) is 0 Å². The number of benzene rings is 1. The van der Waals surface area contributed by atoms with Gasteiger partial charge in [-0.3, -0.25) is 14.3 Å². The summed E-state index contributed by atoms with van der Waals surface area (Å²) in [6.45, 7) is 1.54. The number of aromatic nitrogens is 5. The summed E-state index contributed by atoms with van der Waals surface area (Å²) in [7, 11) is -3.80. The summed E-state index contributed by atoms with van der Waals surface area (Å²) in [6.07, 6.45) is 4.73. The molecule has 1 unspecified atom stereocenters. The predicted molar refractivity (Wildman–Crippen MR) is 118 cm³/mol. The van der Waals surface area contributed by atoms with Crippen LogP contribution in [0.15, 0.2) is 76.1 Å². The molecule has 0 spiro atoms. The lowest BCUT2D eigenvalue weighted by molar-refractivity contribution is -0.119. The van der Waals surface area contributed by atoms with E-state index in [2.05, 4.69) is 25.2 Å². The van der Waals surface area contributed by atoms with Gasteiger partial charge in [0.05, 0.1) is 4.90 Å². The summed E-state index contributed by atoms with van der Waals surface area (Å²) in [5.41, 5.74) is -0.0791. The molecule has 0 bridgehead atoms. The first-order valence-corrected chi connectivity index (χ1v) is 11.6. The molecule has 13 heteroatoms. The quantitative estimate of drug-likeness (QED) is 0.419. The maximum atomic E-state index is 12.7. The molecule has 0 radical (unpaired) electrons. The molecule has 1 atom stereocenters. The lowest BCUT2D eigenvalue weighted by atomic mass is 10.2. The summed E-state index contributed by atoms with van der Waals surface area (Å²) >= 11 is 1.16. The summed E-state index contributed by atoms with van der Waals surface area (Å²) < 4.78 is 29.7. The minimum absolute atomic E-state index is 0.0172. The Morgan fingerprint density at radius 1 is 1.12 bits per heavy atom. The number of nitrogens with one attached hydrogen (secondary N) is 2. The molecule has 0 aliphatic carbocycles. The van der Waals surface area contributed by atoms with Crippen molar-refractivity contribution in [1.82, 2.24) is 24.5 Å². The van der Waals surface area contributed by atoms with E-state index < -0.39 is 27.5 Å². The number of rotatable bonds is 7. The molecule has 164 valence electrons. The number of amides is 1. The van der Waals surface area contributed by atoms with Gasteiger partial charge >= 0.3 is 0 Å². The van der Waals surface area contributed by atoms with Crippen molar-refractivity contribution in [2.24, 2.45) is 0 Å². The van der Waals surface area contributed by atoms with Crippen LogP contribution in [0.4, 0.5) is 10.8 Å². The molecule has 4 aromatic rings. The highest BCUT2D eigenvalue weighted by molar-refractivity contribution is 7.93. The second-order valence-corrected chi connectivity index (χ2v) is 9.13. The zero-order valence-electron chi connectivity index (χ0n) is 16.6. The van der Waals surface area contributed by atoms with Crippen molar-refractivity contribution in [3.05, 3.63) is 76.8 Å². The highest BCUT2D eigenvalue weighted by Crippen LogP contribution is 2.20. The molecule has 0 aliphatic heterocycles. The Morgan fingerprint density at radius 2 is 1.91 bits per heavy atom. The van der Waals surface area contributed by atoms with E-state index in [0.717, 1.165) is 16.0 Å². The number of nitrogens with zero attached hydrogens (tertiary/aromatic N) is 5. The topological polar surface area (TPSA) is 141 Å². The van der Waals surface area contributed by atoms with Crippen LogP contribution in [-0.2, 0) is 14.8 Å². The molecule has 11 nitrogen and oxygen atoms in total. The fraction of sp³-hybridized carbons (Fsp3) is 0.105. The lowest BCUT2D eigenvalue weighted by Crippen LogP contribution is -2.33. The molecule has 0 saturated heterocycles. The van der Waals surface area contributed by atoms with Gasteiger partial charge < -0.3 is 5.32 Å². The van der Waals surface area contributed by atoms with Crippen LogP contribution in [0.2, 0.25) is 0 Å². The average molecular weight is 472 g/mol. The van der Waals surface area contributed by atoms with Crippen molar-refractivity contribution in [3.63, 3.8) is 0 Å². The highest BCUT2D eigenvalue weighted by Gasteiger charge is 2.20. The zero-order valence-corrected chi connectivity index (χ0v) is 18.2. The average Bonchev–Trinajstić information content (AvgIpc) is 3.48. The SMILES string of the molecule is CC(C(=O)Nc1ccc(S(=O)(=O)Nc2nccs2)cc1)n1nc(-n2cccn2)ccc1=O. The van der Waals surface area contributed by atoms with Crippen LogP contribution >= 0.6 is 11.3 Å². The van der Waals surface area contributed by atoms with E-state index in [1.807, 2.05) is 0 Å². The normalized spacial score (nSPS) is 12.3. The van der Waals surface area contributed by atoms with E-state index in [1.165, 1.54) is 54.2 Å². The molecule has 32 heavy (non-hydrogen) atoms. The molecule has 1 aromatic carbocycles. The van der Waals surface area contributed by atoms with Crippen LogP contribution < -0.4 is 15.6 Å². The highest BCUT2D eigenvalue weighted by atomic mass is 32.2. The van der Waals surface area contributed by atoms with E-state index in [1.54, 1.807) is 23.8 Å². The van der Waals surface area contributed by atoms with Gasteiger partial charge in [0.25, 0.3) is 15.6 Å². The van der Waals surface area contributed by atoms with E-state index in [0.29, 0.717) is 11.5 Å². The van der Waals surface area contributed by atoms with Gasteiger partial charge in [-0.05, 0) is 43.3 Å². The smallest absolute Gasteiger partial charge is 0.267 e. The Labute approximate surface area is 186 Å².